The lowest BCUT2D eigenvalue weighted by Crippen LogP contribution is -2.09. The van der Waals surface area contributed by atoms with Crippen LogP contribution in [-0.2, 0) is 4.79 Å². The molecule has 5 nitrogen and oxygen atoms in total. The number of carbonyl (C=O) groups is 1. The zero-order chi connectivity index (χ0) is 5.70. The lowest BCUT2D eigenvalue weighted by molar-refractivity contribution is -0.118. The zero-order valence-electron chi connectivity index (χ0n) is 3.75. The Kier molecular flexibility index (Phi) is 2.47. The van der Waals surface area contributed by atoms with Crippen LogP contribution in [0.3, 0.4) is 0 Å². The van der Waals surface area contributed by atoms with Crippen LogP contribution in [0.1, 0.15) is 6.92 Å². The molecule has 0 aromatic heterocycles. The molecule has 0 rings (SSSR count). The first-order chi connectivity index (χ1) is 3.27. The molecular weight excluding hydrogens is 96.0 g/mol. The van der Waals surface area contributed by atoms with E-state index in [2.05, 4.69) is 10.1 Å². The molecule has 1 N–H and O–H groups in total. The number of amides is 1. The first-order valence-corrected chi connectivity index (χ1v) is 1.58. The topological polar surface area (TPSA) is 77.9 Å². The summed E-state index contributed by atoms with van der Waals surface area (Å²) >= 11 is 0. The third-order valence-electron chi connectivity index (χ3n) is 0.252. The van der Waals surface area contributed by atoms with Gasteiger partial charge < -0.3 is 0 Å². The molecule has 0 aromatic carbocycles. The second-order valence-electron chi connectivity index (χ2n) is 0.857. The molecule has 0 bridgehead atoms. The molecule has 0 spiro atoms. The molecule has 0 fully saturated rings. The molecule has 0 atom stereocenters. The first kappa shape index (κ1) is 5.78. The van der Waals surface area contributed by atoms with Crippen LogP contribution in [0.2, 0.25) is 0 Å². The van der Waals surface area contributed by atoms with Gasteiger partial charge in [-0.15, -0.1) is 5.53 Å². The van der Waals surface area contributed by atoms with Crippen LogP contribution < -0.4 is 5.43 Å². The summed E-state index contributed by atoms with van der Waals surface area (Å²) in [6, 6.07) is 0. The minimum absolute atomic E-state index is 0.363. The Morgan fingerprint density at radius 1 is 2.00 bits per heavy atom. The number of hydrogen-bond acceptors (Lipinski definition) is 2. The van der Waals surface area contributed by atoms with Crippen molar-refractivity contribution in [3.63, 3.8) is 0 Å². The zero-order valence-corrected chi connectivity index (χ0v) is 3.75. The van der Waals surface area contributed by atoms with Gasteiger partial charge in [0.05, 0.1) is 0 Å². The van der Waals surface area contributed by atoms with Crippen molar-refractivity contribution in [3.8, 4) is 0 Å². The van der Waals surface area contributed by atoms with Gasteiger partial charge in [-0.2, -0.15) is 10.3 Å². The third-order valence-corrected chi connectivity index (χ3v) is 0.252. The Morgan fingerprint density at radius 2 is 2.57 bits per heavy atom. The van der Waals surface area contributed by atoms with Crippen molar-refractivity contribution in [1.29, 1.82) is 0 Å². The Hall–Kier alpha value is -1.22. The number of rotatable bonds is 1. The van der Waals surface area contributed by atoms with Gasteiger partial charge in [0.2, 0.25) is 0 Å². The molecule has 0 aliphatic rings. The van der Waals surface area contributed by atoms with Gasteiger partial charge in [-0.1, -0.05) is 0 Å². The van der Waals surface area contributed by atoms with Crippen molar-refractivity contribution in [2.24, 2.45) is 5.22 Å². The van der Waals surface area contributed by atoms with Gasteiger partial charge in [-0.3, -0.25) is 0 Å². The fraction of sp³-hybridized carbons (Fsp3) is 0.500. The average Bonchev–Trinajstić information content (AvgIpc) is 1.61. The highest BCUT2D eigenvalue weighted by molar-refractivity contribution is 5.72. The van der Waals surface area contributed by atoms with E-state index >= 15 is 0 Å². The van der Waals surface area contributed by atoms with E-state index in [4.69, 9.17) is 5.53 Å². The molecule has 38 valence electrons. The highest BCUT2D eigenvalue weighted by Crippen LogP contribution is 1.59. The van der Waals surface area contributed by atoms with Gasteiger partial charge in [0.1, 0.15) is 0 Å². The van der Waals surface area contributed by atoms with Crippen molar-refractivity contribution in [3.05, 3.63) is 10.4 Å². The summed E-state index contributed by atoms with van der Waals surface area (Å²) in [4.78, 5) is 12.1. The van der Waals surface area contributed by atoms with E-state index in [1.165, 1.54) is 6.92 Å². The van der Waals surface area contributed by atoms with Crippen LogP contribution in [0.5, 0.6) is 0 Å². The summed E-state index contributed by atoms with van der Waals surface area (Å²) in [5.74, 6) is -0.363. The maximum atomic E-state index is 9.83. The van der Waals surface area contributed by atoms with Crippen LogP contribution in [0.25, 0.3) is 10.4 Å². The Labute approximate surface area is 39.9 Å². The van der Waals surface area contributed by atoms with Crippen molar-refractivity contribution >= 4 is 5.91 Å². The van der Waals surface area contributed by atoms with Gasteiger partial charge in [-0.25, -0.2) is 4.79 Å². The van der Waals surface area contributed by atoms with E-state index < -0.39 is 0 Å². The number of nitrogens with zero attached hydrogens (tertiary/aromatic N) is 3. The fourth-order valence-electron chi connectivity index (χ4n) is 0.0928. The lowest BCUT2D eigenvalue weighted by Gasteiger charge is -1.77. The standard InChI is InChI=1S/C2H4N4O/c1-2(7)4-6-5-3/h1H3,(H,4,7). The lowest BCUT2D eigenvalue weighted by atomic mass is 10.8. The number of nitrogens with one attached hydrogen (secondary N) is 1. The van der Waals surface area contributed by atoms with E-state index in [1.807, 2.05) is 5.43 Å². The van der Waals surface area contributed by atoms with E-state index in [0.717, 1.165) is 0 Å². The smallest absolute Gasteiger partial charge is 0.247 e. The van der Waals surface area contributed by atoms with E-state index in [-0.39, 0.29) is 5.91 Å². The minimum Gasteiger partial charge on any atom is -0.247 e. The van der Waals surface area contributed by atoms with Crippen LogP contribution in [-0.4, -0.2) is 5.91 Å². The van der Waals surface area contributed by atoms with Gasteiger partial charge >= 0.3 is 5.91 Å². The van der Waals surface area contributed by atoms with Crippen molar-refractivity contribution in [2.75, 3.05) is 0 Å². The molecule has 0 aliphatic carbocycles. The van der Waals surface area contributed by atoms with E-state index in [9.17, 15) is 4.79 Å². The predicted octanol–water partition coefficient (Wildman–Crippen LogP) is 0.348. The second-order valence-corrected chi connectivity index (χ2v) is 0.857. The monoisotopic (exact) mass is 100 g/mol. The number of carbonyl (C=O) groups excluding carboxylic acids is 1. The molecule has 0 saturated heterocycles. The molecule has 0 unspecified atom stereocenters. The molecule has 0 saturated carbocycles. The van der Waals surface area contributed by atoms with Gasteiger partial charge in [-0.05, 0) is 5.22 Å². The Balaban J connectivity index is 3.32. The van der Waals surface area contributed by atoms with Gasteiger partial charge in [0, 0.05) is 6.92 Å². The minimum atomic E-state index is -0.363. The van der Waals surface area contributed by atoms with E-state index in [1.54, 1.807) is 0 Å². The largest absolute Gasteiger partial charge is 0.307 e. The highest BCUT2D eigenvalue weighted by Gasteiger charge is 1.83. The number of hydrogen-bond donors (Lipinski definition) is 1. The van der Waals surface area contributed by atoms with Crippen LogP contribution in [0.15, 0.2) is 5.22 Å². The van der Waals surface area contributed by atoms with Crippen molar-refractivity contribution in [1.82, 2.24) is 5.43 Å². The number of azide groups is 1. The molecule has 0 aliphatic heterocycles. The second kappa shape index (κ2) is 2.99. The summed E-state index contributed by atoms with van der Waals surface area (Å²) < 4.78 is 0. The molecule has 1 amide bonds. The third kappa shape index (κ3) is 4.78. The fourth-order valence-corrected chi connectivity index (χ4v) is 0.0928. The van der Waals surface area contributed by atoms with Gasteiger partial charge in [0.25, 0.3) is 0 Å². The summed E-state index contributed by atoms with van der Waals surface area (Å²) in [5, 5.41) is 2.75. The molecular formula is C2H4N4O. The first-order valence-electron chi connectivity index (χ1n) is 1.58. The maximum Gasteiger partial charge on any atom is 0.307 e. The maximum absolute atomic E-state index is 9.83. The molecule has 0 heterocycles. The Morgan fingerprint density at radius 3 is 2.71 bits per heavy atom. The average molecular weight is 100 g/mol. The van der Waals surface area contributed by atoms with E-state index in [0.29, 0.717) is 0 Å². The Bertz CT molecular complexity index is 113. The van der Waals surface area contributed by atoms with Crippen LogP contribution >= 0.6 is 0 Å². The summed E-state index contributed by atoms with van der Waals surface area (Å²) in [6.45, 7) is 1.26. The summed E-state index contributed by atoms with van der Waals surface area (Å²) in [7, 11) is 0. The molecule has 7 heavy (non-hydrogen) atoms. The quantitative estimate of drug-likeness (QED) is 0.219. The normalized spacial score (nSPS) is 6.43. The van der Waals surface area contributed by atoms with Gasteiger partial charge in [0.15, 0.2) is 0 Å². The summed E-state index contributed by atoms with van der Waals surface area (Å²) in [5.41, 5.74) is 9.42. The molecule has 0 radical (unpaired) electrons. The van der Waals surface area contributed by atoms with Crippen LogP contribution in [0, 0.1) is 0 Å². The van der Waals surface area contributed by atoms with Crippen LogP contribution in [0.4, 0.5) is 0 Å². The summed E-state index contributed by atoms with van der Waals surface area (Å²) in [6.07, 6.45) is 0. The van der Waals surface area contributed by atoms with Crippen molar-refractivity contribution in [2.45, 2.75) is 6.92 Å². The predicted molar refractivity (Wildman–Crippen MR) is 23.0 cm³/mol. The molecule has 0 aromatic rings. The highest BCUT2D eigenvalue weighted by atomic mass is 16.2. The van der Waals surface area contributed by atoms with Crippen molar-refractivity contribution < 1.29 is 4.79 Å². The molecule has 5 heteroatoms. The SMILES string of the molecule is CC(=O)NN=[N+]=[N-].